The first kappa shape index (κ1) is 14.6. The van der Waals surface area contributed by atoms with Crippen molar-refractivity contribution < 1.29 is 4.92 Å². The molecule has 1 unspecified atom stereocenters. The van der Waals surface area contributed by atoms with Gasteiger partial charge in [0.15, 0.2) is 10.7 Å². The first-order chi connectivity index (χ1) is 10.6. The smallest absolute Gasteiger partial charge is 0.264 e. The molecule has 1 aromatic carbocycles. The van der Waals surface area contributed by atoms with Gasteiger partial charge >= 0.3 is 5.69 Å². The van der Waals surface area contributed by atoms with Crippen LogP contribution in [0.1, 0.15) is 20.3 Å². The Bertz CT molecular complexity index is 869. The molecule has 0 aliphatic heterocycles. The number of aromatic nitrogens is 3. The Labute approximate surface area is 131 Å². The van der Waals surface area contributed by atoms with E-state index in [-0.39, 0.29) is 10.6 Å². The van der Waals surface area contributed by atoms with Gasteiger partial charge in [-0.1, -0.05) is 25.6 Å². The predicted molar refractivity (Wildman–Crippen MR) is 87.1 cm³/mol. The SMILES string of the molecule is CCC(C)Sc1ncc2cc3cnccc3c([N+](=O)[O-])c2n1. The van der Waals surface area contributed by atoms with Gasteiger partial charge in [0, 0.05) is 34.6 Å². The van der Waals surface area contributed by atoms with Crippen LogP contribution in [-0.4, -0.2) is 25.1 Å². The molecule has 3 rings (SSSR count). The molecule has 0 bridgehead atoms. The summed E-state index contributed by atoms with van der Waals surface area (Å²) in [6.07, 6.45) is 5.80. The van der Waals surface area contributed by atoms with E-state index in [1.807, 2.05) is 6.07 Å². The Hall–Kier alpha value is -2.28. The Morgan fingerprint density at radius 2 is 2.18 bits per heavy atom. The molecule has 0 spiro atoms. The number of benzene rings is 1. The summed E-state index contributed by atoms with van der Waals surface area (Å²) < 4.78 is 0. The minimum absolute atomic E-state index is 0.0169. The molecule has 6 nitrogen and oxygen atoms in total. The molecule has 3 aromatic rings. The molecule has 2 heterocycles. The summed E-state index contributed by atoms with van der Waals surface area (Å²) in [4.78, 5) is 23.9. The summed E-state index contributed by atoms with van der Waals surface area (Å²) in [5.74, 6) is 0. The summed E-state index contributed by atoms with van der Waals surface area (Å²) in [6.45, 7) is 4.17. The van der Waals surface area contributed by atoms with Crippen molar-refractivity contribution in [3.05, 3.63) is 40.8 Å². The molecule has 7 heteroatoms. The van der Waals surface area contributed by atoms with Gasteiger partial charge in [0.2, 0.25) is 0 Å². The monoisotopic (exact) mass is 314 g/mol. The fraction of sp³-hybridized carbons (Fsp3) is 0.267. The lowest BCUT2D eigenvalue weighted by atomic mass is 10.1. The zero-order chi connectivity index (χ0) is 15.7. The summed E-state index contributed by atoms with van der Waals surface area (Å²) in [6, 6.07) is 3.48. The van der Waals surface area contributed by atoms with E-state index in [4.69, 9.17) is 0 Å². The average Bonchev–Trinajstić information content (AvgIpc) is 2.52. The third kappa shape index (κ3) is 2.59. The van der Waals surface area contributed by atoms with Crippen LogP contribution >= 0.6 is 11.8 Å². The molecule has 0 radical (unpaired) electrons. The zero-order valence-corrected chi connectivity index (χ0v) is 13.0. The van der Waals surface area contributed by atoms with E-state index in [1.54, 1.807) is 24.7 Å². The van der Waals surface area contributed by atoms with Gasteiger partial charge in [-0.2, -0.15) is 0 Å². The lowest BCUT2D eigenvalue weighted by Crippen LogP contribution is -1.99. The first-order valence-electron chi connectivity index (χ1n) is 6.94. The number of non-ortho nitro benzene ring substituents is 1. The van der Waals surface area contributed by atoms with Crippen LogP contribution in [0, 0.1) is 10.1 Å². The van der Waals surface area contributed by atoms with Crippen LogP contribution in [0.5, 0.6) is 0 Å². The molecule has 0 saturated heterocycles. The molecule has 112 valence electrons. The third-order valence-corrected chi connectivity index (χ3v) is 4.64. The van der Waals surface area contributed by atoms with E-state index in [2.05, 4.69) is 28.8 Å². The van der Waals surface area contributed by atoms with Gasteiger partial charge in [0.05, 0.1) is 10.3 Å². The maximum Gasteiger partial charge on any atom is 0.303 e. The summed E-state index contributed by atoms with van der Waals surface area (Å²) in [5, 5.41) is 14.4. The highest BCUT2D eigenvalue weighted by Gasteiger charge is 2.20. The number of fused-ring (bicyclic) bond motifs is 2. The normalized spacial score (nSPS) is 12.6. The number of nitro groups is 1. The van der Waals surface area contributed by atoms with Crippen molar-refractivity contribution in [3.63, 3.8) is 0 Å². The second-order valence-electron chi connectivity index (χ2n) is 5.01. The van der Waals surface area contributed by atoms with Crippen LogP contribution < -0.4 is 0 Å². The topological polar surface area (TPSA) is 81.8 Å². The highest BCUT2D eigenvalue weighted by atomic mass is 32.2. The van der Waals surface area contributed by atoms with Crippen molar-refractivity contribution in [2.75, 3.05) is 0 Å². The van der Waals surface area contributed by atoms with Gasteiger partial charge < -0.3 is 0 Å². The second-order valence-corrected chi connectivity index (χ2v) is 6.41. The standard InChI is InChI=1S/C15H14N4O2S/c1-3-9(2)22-15-17-8-11-6-10-7-16-5-4-12(10)14(19(20)21)13(11)18-15/h4-9H,3H2,1-2H3. The molecular weight excluding hydrogens is 300 g/mol. The lowest BCUT2D eigenvalue weighted by Gasteiger charge is -2.08. The van der Waals surface area contributed by atoms with Crippen molar-refractivity contribution in [3.8, 4) is 0 Å². The predicted octanol–water partition coefficient (Wildman–Crippen LogP) is 3.98. The van der Waals surface area contributed by atoms with Gasteiger partial charge in [-0.15, -0.1) is 0 Å². The second kappa shape index (κ2) is 5.84. The van der Waals surface area contributed by atoms with Crippen LogP contribution in [-0.2, 0) is 0 Å². The largest absolute Gasteiger partial charge is 0.303 e. The first-order valence-corrected chi connectivity index (χ1v) is 7.82. The molecule has 0 N–H and O–H groups in total. The molecule has 0 fully saturated rings. The van der Waals surface area contributed by atoms with E-state index in [0.717, 1.165) is 6.42 Å². The summed E-state index contributed by atoms with van der Waals surface area (Å²) in [5.41, 5.74) is 0.396. The Morgan fingerprint density at radius 3 is 2.91 bits per heavy atom. The average molecular weight is 314 g/mol. The maximum atomic E-state index is 11.5. The molecule has 22 heavy (non-hydrogen) atoms. The third-order valence-electron chi connectivity index (χ3n) is 3.50. The molecular formula is C15H14N4O2S. The highest BCUT2D eigenvalue weighted by Crippen LogP contribution is 2.34. The van der Waals surface area contributed by atoms with Gasteiger partial charge in [-0.3, -0.25) is 15.1 Å². The van der Waals surface area contributed by atoms with E-state index in [1.165, 1.54) is 11.8 Å². The van der Waals surface area contributed by atoms with Crippen molar-refractivity contribution in [1.82, 2.24) is 15.0 Å². The van der Waals surface area contributed by atoms with E-state index < -0.39 is 0 Å². The van der Waals surface area contributed by atoms with Crippen LogP contribution in [0.2, 0.25) is 0 Å². The van der Waals surface area contributed by atoms with E-state index in [0.29, 0.717) is 32.1 Å². The zero-order valence-electron chi connectivity index (χ0n) is 12.2. The van der Waals surface area contributed by atoms with Gasteiger partial charge in [0.1, 0.15) is 0 Å². The molecule has 0 aliphatic rings. The summed E-state index contributed by atoms with van der Waals surface area (Å²) in [7, 11) is 0. The van der Waals surface area contributed by atoms with Crippen molar-refractivity contribution in [1.29, 1.82) is 0 Å². The molecule has 0 aliphatic carbocycles. The van der Waals surface area contributed by atoms with Crippen molar-refractivity contribution >= 4 is 39.1 Å². The van der Waals surface area contributed by atoms with Crippen LogP contribution in [0.25, 0.3) is 21.7 Å². The molecule has 2 aromatic heterocycles. The highest BCUT2D eigenvalue weighted by molar-refractivity contribution is 7.99. The number of nitrogens with zero attached hydrogens (tertiary/aromatic N) is 4. The number of pyridine rings is 1. The minimum atomic E-state index is -0.380. The maximum absolute atomic E-state index is 11.5. The van der Waals surface area contributed by atoms with Crippen molar-refractivity contribution in [2.45, 2.75) is 30.7 Å². The van der Waals surface area contributed by atoms with Gasteiger partial charge in [-0.05, 0) is 18.6 Å². The summed E-state index contributed by atoms with van der Waals surface area (Å²) >= 11 is 1.53. The van der Waals surface area contributed by atoms with E-state index in [9.17, 15) is 10.1 Å². The number of hydrogen-bond donors (Lipinski definition) is 0. The number of thioether (sulfide) groups is 1. The molecule has 0 saturated carbocycles. The molecule has 0 amide bonds. The van der Waals surface area contributed by atoms with Crippen LogP contribution in [0.4, 0.5) is 5.69 Å². The quantitative estimate of drug-likeness (QED) is 0.238. The van der Waals surface area contributed by atoms with Crippen LogP contribution in [0.3, 0.4) is 0 Å². The van der Waals surface area contributed by atoms with Gasteiger partial charge in [-0.25, -0.2) is 9.97 Å². The van der Waals surface area contributed by atoms with Crippen LogP contribution in [0.15, 0.2) is 35.9 Å². The number of nitro benzene ring substituents is 1. The minimum Gasteiger partial charge on any atom is -0.264 e. The fourth-order valence-electron chi connectivity index (χ4n) is 2.21. The van der Waals surface area contributed by atoms with Crippen molar-refractivity contribution in [2.24, 2.45) is 0 Å². The number of hydrogen-bond acceptors (Lipinski definition) is 6. The Morgan fingerprint density at radius 1 is 1.36 bits per heavy atom. The molecule has 1 atom stereocenters. The lowest BCUT2D eigenvalue weighted by molar-refractivity contribution is -0.381. The number of rotatable bonds is 4. The van der Waals surface area contributed by atoms with Gasteiger partial charge in [0.25, 0.3) is 0 Å². The Kier molecular flexibility index (Phi) is 3.89. The fourth-order valence-corrected chi connectivity index (χ4v) is 2.99. The van der Waals surface area contributed by atoms with E-state index >= 15 is 0 Å². The Balaban J connectivity index is 2.28.